The molecule has 2 saturated heterocycles. The van der Waals surface area contributed by atoms with Gasteiger partial charge in [-0.05, 0) is 49.2 Å². The van der Waals surface area contributed by atoms with Crippen LogP contribution in [-0.4, -0.2) is 72.5 Å². The fourth-order valence-corrected chi connectivity index (χ4v) is 4.19. The summed E-state index contributed by atoms with van der Waals surface area (Å²) in [4.78, 5) is 47.8. The van der Waals surface area contributed by atoms with Gasteiger partial charge in [-0.3, -0.25) is 14.5 Å². The summed E-state index contributed by atoms with van der Waals surface area (Å²) in [5.41, 5.74) is 0.271. The van der Waals surface area contributed by atoms with E-state index in [1.807, 2.05) is 31.2 Å². The second kappa shape index (κ2) is 8.49. The largest absolute Gasteiger partial charge is 0.496 e. The van der Waals surface area contributed by atoms with Crippen molar-refractivity contribution in [2.75, 3.05) is 44.7 Å². The van der Waals surface area contributed by atoms with E-state index >= 15 is 0 Å². The molecule has 1 aromatic carbocycles. The molecule has 0 aliphatic carbocycles. The first kappa shape index (κ1) is 21.6. The van der Waals surface area contributed by atoms with E-state index in [-0.39, 0.29) is 12.5 Å². The molecule has 2 aromatic rings. The molecule has 3 heterocycles. The van der Waals surface area contributed by atoms with Gasteiger partial charge >= 0.3 is 6.03 Å². The van der Waals surface area contributed by atoms with Gasteiger partial charge in [0.2, 0.25) is 5.91 Å². The van der Waals surface area contributed by atoms with Crippen LogP contribution >= 0.6 is 0 Å². The van der Waals surface area contributed by atoms with Gasteiger partial charge < -0.3 is 19.9 Å². The van der Waals surface area contributed by atoms with Crippen LogP contribution in [0.25, 0.3) is 0 Å². The minimum Gasteiger partial charge on any atom is -0.496 e. The second-order valence-corrected chi connectivity index (χ2v) is 8.19. The minimum absolute atomic E-state index is 0.246. The maximum atomic E-state index is 13.2. The third-order valence-electron chi connectivity index (χ3n) is 6.15. The van der Waals surface area contributed by atoms with Crippen molar-refractivity contribution in [2.24, 2.45) is 0 Å². The van der Waals surface area contributed by atoms with E-state index in [1.54, 1.807) is 37.3 Å². The number of carbonyl (C=O) groups is 3. The van der Waals surface area contributed by atoms with Gasteiger partial charge in [-0.2, -0.15) is 0 Å². The number of benzene rings is 1. The van der Waals surface area contributed by atoms with Crippen molar-refractivity contribution in [1.29, 1.82) is 0 Å². The van der Waals surface area contributed by atoms with Crippen LogP contribution in [-0.2, 0) is 15.1 Å². The third kappa shape index (κ3) is 3.86. The Balaban J connectivity index is 1.41. The molecule has 168 valence electrons. The Kier molecular flexibility index (Phi) is 5.73. The monoisotopic (exact) mass is 437 g/mol. The Morgan fingerprint density at radius 2 is 1.91 bits per heavy atom. The van der Waals surface area contributed by atoms with Crippen molar-refractivity contribution in [2.45, 2.75) is 19.4 Å². The molecule has 0 radical (unpaired) electrons. The zero-order valence-corrected chi connectivity index (χ0v) is 18.5. The standard InChI is InChI=1S/C23H27N5O4/c1-16-14-17(7-8-18(16)32-3)23(2)21(30)28(22(31)25-23)15-20(29)27-12-10-26(11-13-27)19-6-4-5-9-24-19/h4-9,14H,10-13,15H2,1-3H3,(H,25,31). The number of ether oxygens (including phenoxy) is 1. The van der Waals surface area contributed by atoms with Crippen molar-refractivity contribution >= 4 is 23.7 Å². The Labute approximate surface area is 187 Å². The number of methoxy groups -OCH3 is 1. The predicted octanol–water partition coefficient (Wildman–Crippen LogP) is 1.51. The average Bonchev–Trinajstić information content (AvgIpc) is 3.03. The summed E-state index contributed by atoms with van der Waals surface area (Å²) < 4.78 is 5.28. The summed E-state index contributed by atoms with van der Waals surface area (Å²) in [5.74, 6) is 0.891. The van der Waals surface area contributed by atoms with Crippen LogP contribution in [0.1, 0.15) is 18.1 Å². The van der Waals surface area contributed by atoms with Crippen LogP contribution in [0.15, 0.2) is 42.6 Å². The fraction of sp³-hybridized carbons (Fsp3) is 0.391. The Morgan fingerprint density at radius 3 is 2.53 bits per heavy atom. The molecule has 32 heavy (non-hydrogen) atoms. The zero-order valence-electron chi connectivity index (χ0n) is 18.5. The number of hydrogen-bond donors (Lipinski definition) is 1. The van der Waals surface area contributed by atoms with Crippen LogP contribution in [0.5, 0.6) is 5.75 Å². The van der Waals surface area contributed by atoms with Gasteiger partial charge in [-0.15, -0.1) is 0 Å². The summed E-state index contributed by atoms with van der Waals surface area (Å²) >= 11 is 0. The molecule has 1 unspecified atom stereocenters. The van der Waals surface area contributed by atoms with E-state index in [9.17, 15) is 14.4 Å². The number of piperazine rings is 1. The number of carbonyl (C=O) groups excluding carboxylic acids is 3. The number of nitrogens with one attached hydrogen (secondary N) is 1. The van der Waals surface area contributed by atoms with Crippen molar-refractivity contribution in [3.63, 3.8) is 0 Å². The lowest BCUT2D eigenvalue weighted by Gasteiger charge is -2.35. The molecule has 1 N–H and O–H groups in total. The van der Waals surface area contributed by atoms with E-state index in [0.29, 0.717) is 37.5 Å². The number of nitrogens with zero attached hydrogens (tertiary/aromatic N) is 4. The molecule has 2 fully saturated rings. The molecular weight excluding hydrogens is 410 g/mol. The van der Waals surface area contributed by atoms with Crippen molar-refractivity contribution in [3.05, 3.63) is 53.7 Å². The molecule has 9 nitrogen and oxygen atoms in total. The van der Waals surface area contributed by atoms with Crippen molar-refractivity contribution < 1.29 is 19.1 Å². The summed E-state index contributed by atoms with van der Waals surface area (Å²) in [6, 6.07) is 10.5. The minimum atomic E-state index is -1.23. The zero-order chi connectivity index (χ0) is 22.9. The maximum Gasteiger partial charge on any atom is 0.325 e. The van der Waals surface area contributed by atoms with Crippen LogP contribution in [0.4, 0.5) is 10.6 Å². The number of hydrogen-bond acceptors (Lipinski definition) is 6. The number of anilines is 1. The molecule has 0 saturated carbocycles. The van der Waals surface area contributed by atoms with Crippen LogP contribution in [0.2, 0.25) is 0 Å². The highest BCUT2D eigenvalue weighted by Gasteiger charge is 2.50. The Hall–Kier alpha value is -3.62. The lowest BCUT2D eigenvalue weighted by atomic mass is 9.90. The van der Waals surface area contributed by atoms with Gasteiger partial charge in [0, 0.05) is 32.4 Å². The first-order chi connectivity index (χ1) is 15.3. The van der Waals surface area contributed by atoms with E-state index < -0.39 is 17.5 Å². The van der Waals surface area contributed by atoms with E-state index in [2.05, 4.69) is 15.2 Å². The third-order valence-corrected chi connectivity index (χ3v) is 6.15. The van der Waals surface area contributed by atoms with E-state index in [4.69, 9.17) is 4.74 Å². The van der Waals surface area contributed by atoms with E-state index in [1.165, 1.54) is 0 Å². The predicted molar refractivity (Wildman–Crippen MR) is 118 cm³/mol. The van der Waals surface area contributed by atoms with Gasteiger partial charge in [0.15, 0.2) is 0 Å². The lowest BCUT2D eigenvalue weighted by molar-refractivity contribution is -0.139. The van der Waals surface area contributed by atoms with Gasteiger partial charge in [-0.1, -0.05) is 12.1 Å². The number of pyridine rings is 1. The number of aryl methyl sites for hydroxylation is 1. The smallest absolute Gasteiger partial charge is 0.325 e. The second-order valence-electron chi connectivity index (χ2n) is 8.19. The molecule has 0 spiro atoms. The molecule has 4 rings (SSSR count). The molecule has 1 atom stereocenters. The van der Waals surface area contributed by atoms with Gasteiger partial charge in [0.25, 0.3) is 5.91 Å². The Bertz CT molecular complexity index is 1040. The number of urea groups is 1. The van der Waals surface area contributed by atoms with Crippen LogP contribution in [0.3, 0.4) is 0 Å². The number of imide groups is 1. The first-order valence-electron chi connectivity index (χ1n) is 10.6. The molecule has 0 bridgehead atoms. The van der Waals surface area contributed by atoms with Crippen LogP contribution in [0, 0.1) is 6.92 Å². The first-order valence-corrected chi connectivity index (χ1v) is 10.6. The molecule has 1 aromatic heterocycles. The Morgan fingerprint density at radius 1 is 1.16 bits per heavy atom. The normalized spacial score (nSPS) is 21.0. The molecule has 2 aliphatic rings. The van der Waals surface area contributed by atoms with Gasteiger partial charge in [-0.25, -0.2) is 9.78 Å². The summed E-state index contributed by atoms with van der Waals surface area (Å²) in [5, 5.41) is 2.76. The SMILES string of the molecule is COc1ccc(C2(C)NC(=O)N(CC(=O)N3CCN(c4ccccn4)CC3)C2=O)cc1C. The summed E-state index contributed by atoms with van der Waals surface area (Å²) in [7, 11) is 1.58. The topological polar surface area (TPSA) is 95.1 Å². The van der Waals surface area contributed by atoms with Crippen LogP contribution < -0.4 is 15.0 Å². The highest BCUT2D eigenvalue weighted by atomic mass is 16.5. The van der Waals surface area contributed by atoms with Gasteiger partial charge in [0.1, 0.15) is 23.7 Å². The molecular formula is C23H27N5O4. The fourth-order valence-electron chi connectivity index (χ4n) is 4.19. The molecule has 4 amide bonds. The van der Waals surface area contributed by atoms with Crippen molar-refractivity contribution in [3.8, 4) is 5.75 Å². The molecule has 2 aliphatic heterocycles. The number of rotatable bonds is 5. The molecule has 9 heteroatoms. The summed E-state index contributed by atoms with van der Waals surface area (Å²) in [6.45, 7) is 5.56. The van der Waals surface area contributed by atoms with Gasteiger partial charge in [0.05, 0.1) is 7.11 Å². The quantitative estimate of drug-likeness (QED) is 0.713. The maximum absolute atomic E-state index is 13.2. The number of amides is 4. The summed E-state index contributed by atoms with van der Waals surface area (Å²) in [6.07, 6.45) is 1.74. The van der Waals surface area contributed by atoms with E-state index in [0.717, 1.165) is 16.3 Å². The number of aromatic nitrogens is 1. The highest BCUT2D eigenvalue weighted by molar-refractivity contribution is 6.09. The lowest BCUT2D eigenvalue weighted by Crippen LogP contribution is -2.52. The highest BCUT2D eigenvalue weighted by Crippen LogP contribution is 2.31. The average molecular weight is 438 g/mol. The van der Waals surface area contributed by atoms with Crippen molar-refractivity contribution in [1.82, 2.24) is 20.1 Å².